The average Bonchev–Trinajstić information content (AvgIpc) is 2.97. The minimum Gasteiger partial charge on any atom is -0.497 e. The van der Waals surface area contributed by atoms with Crippen LogP contribution in [0.15, 0.2) is 102 Å². The number of para-hydroxylation sites is 2. The normalized spacial score (nSPS) is 12.0. The summed E-state index contributed by atoms with van der Waals surface area (Å²) in [4.78, 5) is 21.5. The molecule has 1 unspecified atom stereocenters. The van der Waals surface area contributed by atoms with Gasteiger partial charge in [0.2, 0.25) is 5.91 Å². The topological polar surface area (TPSA) is 146 Å². The summed E-state index contributed by atoms with van der Waals surface area (Å²) >= 11 is 0. The second-order valence-electron chi connectivity index (χ2n) is 9.06. The fourth-order valence-corrected chi connectivity index (χ4v) is 5.45. The lowest BCUT2D eigenvalue weighted by atomic mass is 9.91. The number of methoxy groups -OCH3 is 2. The minimum atomic E-state index is -4.18. The number of nitrogens with zero attached hydrogens (tertiary/aromatic N) is 2. The Hall–Kier alpha value is -5.16. The molecule has 0 radical (unpaired) electrons. The van der Waals surface area contributed by atoms with Gasteiger partial charge in [-0.2, -0.15) is 0 Å². The van der Waals surface area contributed by atoms with Crippen molar-refractivity contribution in [3.05, 3.63) is 108 Å². The Kier molecular flexibility index (Phi) is 7.70. The SMILES string of the molecule is COc1cc(Nc2nc3ccccc3nc2NS(=O)(=O)c2cccc(C(C(N)=O)c3ccccc3)c2)cc(OC)c1. The van der Waals surface area contributed by atoms with E-state index in [1.54, 1.807) is 72.8 Å². The number of hydrogen-bond acceptors (Lipinski definition) is 8. The number of fused-ring (bicyclic) bond motifs is 1. The first-order chi connectivity index (χ1) is 19.8. The van der Waals surface area contributed by atoms with Gasteiger partial charge in [-0.1, -0.05) is 54.6 Å². The van der Waals surface area contributed by atoms with Gasteiger partial charge in [0.25, 0.3) is 10.0 Å². The molecule has 0 saturated carbocycles. The van der Waals surface area contributed by atoms with Crippen molar-refractivity contribution in [1.29, 1.82) is 0 Å². The van der Waals surface area contributed by atoms with E-state index in [-0.39, 0.29) is 16.5 Å². The number of hydrogen-bond donors (Lipinski definition) is 3. The van der Waals surface area contributed by atoms with Crippen LogP contribution in [0.2, 0.25) is 0 Å². The molecule has 1 atom stereocenters. The summed E-state index contributed by atoms with van der Waals surface area (Å²) in [7, 11) is -1.12. The lowest BCUT2D eigenvalue weighted by Crippen LogP contribution is -2.23. The Morgan fingerprint density at radius 2 is 1.34 bits per heavy atom. The Labute approximate surface area is 237 Å². The monoisotopic (exact) mass is 569 g/mol. The van der Waals surface area contributed by atoms with Crippen LogP contribution in [0.25, 0.3) is 11.0 Å². The number of carbonyl (C=O) groups excluding carboxylic acids is 1. The summed E-state index contributed by atoms with van der Waals surface area (Å²) in [5, 5.41) is 3.13. The Bertz CT molecular complexity index is 1810. The largest absolute Gasteiger partial charge is 0.497 e. The van der Waals surface area contributed by atoms with Crippen LogP contribution in [0.5, 0.6) is 11.5 Å². The molecule has 0 saturated heterocycles. The maximum atomic E-state index is 13.7. The third-order valence-electron chi connectivity index (χ3n) is 6.33. The summed E-state index contributed by atoms with van der Waals surface area (Å²) in [5.74, 6) is -0.223. The van der Waals surface area contributed by atoms with E-state index >= 15 is 0 Å². The molecule has 1 amide bonds. The van der Waals surface area contributed by atoms with Crippen LogP contribution in [-0.4, -0.2) is 38.5 Å². The molecule has 1 aromatic heterocycles. The summed E-state index contributed by atoms with van der Waals surface area (Å²) in [6, 6.07) is 27.3. The summed E-state index contributed by atoms with van der Waals surface area (Å²) in [6.07, 6.45) is 0. The Balaban J connectivity index is 1.54. The molecule has 208 valence electrons. The lowest BCUT2D eigenvalue weighted by Gasteiger charge is -2.17. The smallest absolute Gasteiger partial charge is 0.263 e. The van der Waals surface area contributed by atoms with Crippen LogP contribution in [0.3, 0.4) is 0 Å². The maximum absolute atomic E-state index is 13.7. The van der Waals surface area contributed by atoms with Gasteiger partial charge in [0.15, 0.2) is 11.6 Å². The van der Waals surface area contributed by atoms with Crippen molar-refractivity contribution in [2.24, 2.45) is 5.73 Å². The first-order valence-corrected chi connectivity index (χ1v) is 14.0. The molecule has 0 fully saturated rings. The molecule has 5 rings (SSSR count). The van der Waals surface area contributed by atoms with Crippen LogP contribution >= 0.6 is 0 Å². The minimum absolute atomic E-state index is 0.0228. The van der Waals surface area contributed by atoms with E-state index in [1.807, 2.05) is 12.1 Å². The summed E-state index contributed by atoms with van der Waals surface area (Å²) in [5.41, 5.74) is 8.41. The van der Waals surface area contributed by atoms with Crippen LogP contribution < -0.4 is 25.2 Å². The second kappa shape index (κ2) is 11.5. The van der Waals surface area contributed by atoms with E-state index in [9.17, 15) is 13.2 Å². The van der Waals surface area contributed by atoms with Gasteiger partial charge in [-0.05, 0) is 35.4 Å². The fourth-order valence-electron chi connectivity index (χ4n) is 4.39. The molecule has 11 heteroatoms. The molecule has 0 aliphatic rings. The van der Waals surface area contributed by atoms with Crippen LogP contribution in [0.4, 0.5) is 17.3 Å². The number of rotatable bonds is 10. The third kappa shape index (κ3) is 6.04. The fraction of sp³-hybridized carbons (Fsp3) is 0.100. The highest BCUT2D eigenvalue weighted by Gasteiger charge is 2.24. The number of amides is 1. The molecular formula is C30H27N5O5S. The molecule has 0 aliphatic heterocycles. The standard InChI is InChI=1S/C30H27N5O5S/c1-39-22-16-21(17-23(18-22)40-2)32-29-30(34-26-14-7-6-13-25(26)33-29)35-41(37,38)24-12-8-11-20(15-24)27(28(31)36)19-9-4-3-5-10-19/h3-18,27H,1-2H3,(H2,31,36)(H,32,33)(H,34,35). The number of nitrogens with one attached hydrogen (secondary N) is 2. The molecule has 10 nitrogen and oxygen atoms in total. The lowest BCUT2D eigenvalue weighted by molar-refractivity contribution is -0.118. The Morgan fingerprint density at radius 3 is 1.95 bits per heavy atom. The zero-order chi connectivity index (χ0) is 29.0. The van der Waals surface area contributed by atoms with Gasteiger partial charge in [-0.25, -0.2) is 18.4 Å². The van der Waals surface area contributed by atoms with Crippen molar-refractivity contribution in [3.63, 3.8) is 0 Å². The van der Waals surface area contributed by atoms with E-state index in [2.05, 4.69) is 20.0 Å². The van der Waals surface area contributed by atoms with Crippen LogP contribution in [0.1, 0.15) is 17.0 Å². The Morgan fingerprint density at radius 1 is 0.756 bits per heavy atom. The van der Waals surface area contributed by atoms with Crippen molar-refractivity contribution in [3.8, 4) is 11.5 Å². The van der Waals surface area contributed by atoms with E-state index < -0.39 is 21.8 Å². The molecule has 4 N–H and O–H groups in total. The van der Waals surface area contributed by atoms with E-state index in [0.717, 1.165) is 0 Å². The number of nitrogens with two attached hydrogens (primary N) is 1. The quantitative estimate of drug-likeness (QED) is 0.217. The van der Waals surface area contributed by atoms with Gasteiger partial charge in [0.05, 0.1) is 36.1 Å². The van der Waals surface area contributed by atoms with Crippen molar-refractivity contribution in [2.45, 2.75) is 10.8 Å². The predicted molar refractivity (Wildman–Crippen MR) is 157 cm³/mol. The van der Waals surface area contributed by atoms with Crippen molar-refractivity contribution in [2.75, 3.05) is 24.3 Å². The zero-order valence-corrected chi connectivity index (χ0v) is 23.1. The van der Waals surface area contributed by atoms with E-state index in [1.165, 1.54) is 26.4 Å². The van der Waals surface area contributed by atoms with Gasteiger partial charge in [-0.15, -0.1) is 0 Å². The molecule has 41 heavy (non-hydrogen) atoms. The molecular weight excluding hydrogens is 542 g/mol. The van der Waals surface area contributed by atoms with Gasteiger partial charge < -0.3 is 20.5 Å². The van der Waals surface area contributed by atoms with Crippen LogP contribution in [-0.2, 0) is 14.8 Å². The zero-order valence-electron chi connectivity index (χ0n) is 22.2. The van der Waals surface area contributed by atoms with Crippen molar-refractivity contribution in [1.82, 2.24) is 9.97 Å². The van der Waals surface area contributed by atoms with Gasteiger partial charge in [0, 0.05) is 23.9 Å². The first kappa shape index (κ1) is 27.4. The summed E-state index contributed by atoms with van der Waals surface area (Å²) < 4.78 is 40.6. The highest BCUT2D eigenvalue weighted by Crippen LogP contribution is 2.32. The number of benzene rings is 4. The molecule has 0 aliphatic carbocycles. The highest BCUT2D eigenvalue weighted by atomic mass is 32.2. The van der Waals surface area contributed by atoms with Gasteiger partial charge in [0.1, 0.15) is 11.5 Å². The number of carbonyl (C=O) groups is 1. The number of ether oxygens (including phenoxy) is 2. The van der Waals surface area contributed by atoms with Crippen molar-refractivity contribution >= 4 is 44.3 Å². The molecule has 5 aromatic rings. The predicted octanol–water partition coefficient (Wildman–Crippen LogP) is 4.81. The summed E-state index contributed by atoms with van der Waals surface area (Å²) in [6.45, 7) is 0. The number of anilines is 3. The maximum Gasteiger partial charge on any atom is 0.263 e. The number of aromatic nitrogens is 2. The third-order valence-corrected chi connectivity index (χ3v) is 7.67. The van der Waals surface area contributed by atoms with Crippen molar-refractivity contribution < 1.29 is 22.7 Å². The molecule has 0 spiro atoms. The molecule has 4 aromatic carbocycles. The van der Waals surface area contributed by atoms with E-state index in [0.29, 0.717) is 39.3 Å². The molecule has 1 heterocycles. The van der Waals surface area contributed by atoms with Gasteiger partial charge >= 0.3 is 0 Å². The first-order valence-electron chi connectivity index (χ1n) is 12.5. The van der Waals surface area contributed by atoms with Gasteiger partial charge in [-0.3, -0.25) is 9.52 Å². The number of sulfonamides is 1. The second-order valence-corrected chi connectivity index (χ2v) is 10.7. The highest BCUT2D eigenvalue weighted by molar-refractivity contribution is 7.92. The van der Waals surface area contributed by atoms with E-state index in [4.69, 9.17) is 15.2 Å². The van der Waals surface area contributed by atoms with Crippen LogP contribution in [0, 0.1) is 0 Å². The molecule has 0 bridgehead atoms. The number of primary amides is 1. The average molecular weight is 570 g/mol.